The maximum absolute atomic E-state index is 13.3. The molecule has 1 aromatic heterocycles. The molecule has 1 amide bonds. The fourth-order valence-corrected chi connectivity index (χ4v) is 7.22. The summed E-state index contributed by atoms with van der Waals surface area (Å²) in [5.74, 6) is 1.09. The van der Waals surface area contributed by atoms with Crippen molar-refractivity contribution in [1.82, 2.24) is 14.9 Å². The fraction of sp³-hybridized carbons (Fsp3) is 0.522. The zero-order valence-electron chi connectivity index (χ0n) is 17.2. The molecule has 164 valence electrons. The number of carboxylic acid groups (broad SMARTS) is 1. The number of carbonyl (C=O) groups is 2. The first-order valence-corrected chi connectivity index (χ1v) is 11.9. The SMILES string of the molecule is O=C(CSc1ncc(C(=O)O)n1-c1ccc(F)cc1)NCC12CC3CC(CC(C3)C1)C2. The molecule has 1 aromatic carbocycles. The Morgan fingerprint density at radius 3 is 2.32 bits per heavy atom. The molecule has 4 fully saturated rings. The molecule has 31 heavy (non-hydrogen) atoms. The Morgan fingerprint density at radius 1 is 1.13 bits per heavy atom. The number of benzene rings is 1. The van der Waals surface area contributed by atoms with E-state index in [0.29, 0.717) is 10.8 Å². The molecule has 0 saturated heterocycles. The van der Waals surface area contributed by atoms with Crippen molar-refractivity contribution in [2.75, 3.05) is 12.3 Å². The number of hydrogen-bond donors (Lipinski definition) is 2. The minimum Gasteiger partial charge on any atom is -0.477 e. The van der Waals surface area contributed by atoms with Crippen molar-refractivity contribution in [2.45, 2.75) is 43.7 Å². The number of imidazole rings is 1. The van der Waals surface area contributed by atoms with Crippen molar-refractivity contribution in [2.24, 2.45) is 23.2 Å². The van der Waals surface area contributed by atoms with Crippen LogP contribution in [0.2, 0.25) is 0 Å². The Morgan fingerprint density at radius 2 is 1.74 bits per heavy atom. The predicted octanol–water partition coefficient (Wildman–Crippen LogP) is 4.13. The Labute approximate surface area is 184 Å². The number of carbonyl (C=O) groups excluding carboxylic acids is 1. The number of hydrogen-bond acceptors (Lipinski definition) is 4. The number of amides is 1. The first-order chi connectivity index (χ1) is 14.9. The van der Waals surface area contributed by atoms with Crippen molar-refractivity contribution < 1.29 is 19.1 Å². The maximum Gasteiger partial charge on any atom is 0.354 e. The summed E-state index contributed by atoms with van der Waals surface area (Å²) >= 11 is 1.19. The molecule has 4 saturated carbocycles. The molecule has 0 aliphatic heterocycles. The van der Waals surface area contributed by atoms with Gasteiger partial charge in [-0.25, -0.2) is 14.2 Å². The third-order valence-corrected chi connectivity index (χ3v) is 8.14. The summed E-state index contributed by atoms with van der Waals surface area (Å²) < 4.78 is 14.7. The van der Waals surface area contributed by atoms with E-state index in [4.69, 9.17) is 0 Å². The van der Waals surface area contributed by atoms with E-state index in [2.05, 4.69) is 10.3 Å². The standard InChI is InChI=1S/C23H26FN3O3S/c24-17-1-3-18(4-2-17)27-19(21(29)30)11-25-22(27)31-12-20(28)26-13-23-8-14-5-15(9-23)7-16(6-14)10-23/h1-4,11,14-16H,5-10,12-13H2,(H,26,28)(H,29,30). The number of nitrogens with zero attached hydrogens (tertiary/aromatic N) is 2. The number of halogens is 1. The summed E-state index contributed by atoms with van der Waals surface area (Å²) in [6, 6.07) is 5.54. The highest BCUT2D eigenvalue weighted by atomic mass is 32.2. The lowest BCUT2D eigenvalue weighted by atomic mass is 9.49. The minimum absolute atomic E-state index is 0.0249. The van der Waals surface area contributed by atoms with Gasteiger partial charge in [0, 0.05) is 12.2 Å². The van der Waals surface area contributed by atoms with Gasteiger partial charge in [-0.05, 0) is 86.0 Å². The van der Waals surface area contributed by atoms with Gasteiger partial charge in [0.25, 0.3) is 0 Å². The Hall–Kier alpha value is -2.35. The second-order valence-corrected chi connectivity index (χ2v) is 10.5. The number of rotatable bonds is 7. The van der Waals surface area contributed by atoms with E-state index in [9.17, 15) is 19.1 Å². The summed E-state index contributed by atoms with van der Waals surface area (Å²) in [5, 5.41) is 13.0. The van der Waals surface area contributed by atoms with Gasteiger partial charge in [0.2, 0.25) is 5.91 Å². The molecule has 0 spiro atoms. The number of aromatic carboxylic acids is 1. The van der Waals surface area contributed by atoms with Gasteiger partial charge in [-0.2, -0.15) is 0 Å². The van der Waals surface area contributed by atoms with E-state index in [1.54, 1.807) is 0 Å². The van der Waals surface area contributed by atoms with E-state index in [1.165, 1.54) is 85.3 Å². The van der Waals surface area contributed by atoms with Crippen LogP contribution in [0.1, 0.15) is 49.0 Å². The van der Waals surface area contributed by atoms with Crippen LogP contribution < -0.4 is 5.32 Å². The average Bonchev–Trinajstić information content (AvgIpc) is 3.15. The van der Waals surface area contributed by atoms with Crippen LogP contribution in [-0.2, 0) is 4.79 Å². The van der Waals surface area contributed by atoms with Crippen LogP contribution in [0.15, 0.2) is 35.6 Å². The summed E-state index contributed by atoms with van der Waals surface area (Å²) in [6.07, 6.45) is 9.11. The molecule has 4 aliphatic rings. The Bertz CT molecular complexity index is 969. The van der Waals surface area contributed by atoms with Gasteiger partial charge in [0.05, 0.1) is 11.9 Å². The normalized spacial score (nSPS) is 28.6. The van der Waals surface area contributed by atoms with E-state index >= 15 is 0 Å². The smallest absolute Gasteiger partial charge is 0.354 e. The zero-order valence-corrected chi connectivity index (χ0v) is 18.0. The highest BCUT2D eigenvalue weighted by Crippen LogP contribution is 2.59. The van der Waals surface area contributed by atoms with Gasteiger partial charge in [0.15, 0.2) is 10.9 Å². The van der Waals surface area contributed by atoms with Crippen LogP contribution in [0, 0.1) is 29.0 Å². The Kier molecular flexibility index (Phi) is 5.28. The summed E-state index contributed by atoms with van der Waals surface area (Å²) in [5.41, 5.74) is 0.744. The molecule has 0 unspecified atom stereocenters. The van der Waals surface area contributed by atoms with Gasteiger partial charge in [-0.1, -0.05) is 11.8 Å². The van der Waals surface area contributed by atoms with E-state index in [-0.39, 0.29) is 22.8 Å². The van der Waals surface area contributed by atoms with Crippen molar-refractivity contribution in [3.05, 3.63) is 42.0 Å². The molecule has 1 heterocycles. The lowest BCUT2D eigenvalue weighted by Gasteiger charge is -2.56. The zero-order chi connectivity index (χ0) is 21.6. The molecule has 0 radical (unpaired) electrons. The quantitative estimate of drug-likeness (QED) is 0.629. The van der Waals surface area contributed by atoms with Crippen molar-refractivity contribution in [1.29, 1.82) is 0 Å². The number of carboxylic acids is 1. The van der Waals surface area contributed by atoms with Gasteiger partial charge in [-0.3, -0.25) is 9.36 Å². The summed E-state index contributed by atoms with van der Waals surface area (Å²) in [7, 11) is 0. The second-order valence-electron chi connectivity index (χ2n) is 9.53. The molecule has 6 nitrogen and oxygen atoms in total. The first-order valence-electron chi connectivity index (χ1n) is 10.9. The Balaban J connectivity index is 1.23. The largest absolute Gasteiger partial charge is 0.477 e. The van der Waals surface area contributed by atoms with E-state index < -0.39 is 11.8 Å². The van der Waals surface area contributed by atoms with Crippen LogP contribution in [-0.4, -0.2) is 38.8 Å². The lowest BCUT2D eigenvalue weighted by molar-refractivity contribution is -0.120. The fourth-order valence-electron chi connectivity index (χ4n) is 6.40. The van der Waals surface area contributed by atoms with E-state index in [0.717, 1.165) is 24.3 Å². The monoisotopic (exact) mass is 443 g/mol. The average molecular weight is 444 g/mol. The number of nitrogens with one attached hydrogen (secondary N) is 1. The van der Waals surface area contributed by atoms with Crippen molar-refractivity contribution in [3.63, 3.8) is 0 Å². The number of aromatic nitrogens is 2. The second kappa shape index (κ2) is 7.97. The van der Waals surface area contributed by atoms with Gasteiger partial charge in [-0.15, -0.1) is 0 Å². The minimum atomic E-state index is -1.13. The van der Waals surface area contributed by atoms with Gasteiger partial charge < -0.3 is 10.4 Å². The third kappa shape index (κ3) is 4.10. The van der Waals surface area contributed by atoms with Gasteiger partial charge >= 0.3 is 5.97 Å². The molecule has 0 atom stereocenters. The molecular weight excluding hydrogens is 417 g/mol. The number of thioether (sulfide) groups is 1. The topological polar surface area (TPSA) is 84.2 Å². The molecule has 6 rings (SSSR count). The molecule has 2 N–H and O–H groups in total. The van der Waals surface area contributed by atoms with Crippen molar-refractivity contribution in [3.8, 4) is 5.69 Å². The third-order valence-electron chi connectivity index (χ3n) is 7.19. The highest BCUT2D eigenvalue weighted by molar-refractivity contribution is 7.99. The molecule has 4 bridgehead atoms. The summed E-state index contributed by atoms with van der Waals surface area (Å²) in [6.45, 7) is 0.739. The molecular formula is C23H26FN3O3S. The molecule has 8 heteroatoms. The summed E-state index contributed by atoms with van der Waals surface area (Å²) in [4.78, 5) is 28.4. The van der Waals surface area contributed by atoms with Crippen LogP contribution in [0.5, 0.6) is 0 Å². The maximum atomic E-state index is 13.3. The van der Waals surface area contributed by atoms with Crippen LogP contribution in [0.4, 0.5) is 4.39 Å². The van der Waals surface area contributed by atoms with Crippen LogP contribution in [0.25, 0.3) is 5.69 Å². The van der Waals surface area contributed by atoms with Gasteiger partial charge in [0.1, 0.15) is 5.82 Å². The van der Waals surface area contributed by atoms with Crippen LogP contribution >= 0.6 is 11.8 Å². The molecule has 2 aromatic rings. The first kappa shape index (κ1) is 20.5. The van der Waals surface area contributed by atoms with Crippen LogP contribution in [0.3, 0.4) is 0 Å². The molecule has 4 aliphatic carbocycles. The predicted molar refractivity (Wildman–Crippen MR) is 115 cm³/mol. The lowest BCUT2D eigenvalue weighted by Crippen LogP contribution is -2.51. The van der Waals surface area contributed by atoms with Crippen molar-refractivity contribution >= 4 is 23.6 Å². The van der Waals surface area contributed by atoms with E-state index in [1.807, 2.05) is 0 Å². The highest BCUT2D eigenvalue weighted by Gasteiger charge is 2.50.